The van der Waals surface area contributed by atoms with Gasteiger partial charge in [0, 0.05) is 30.5 Å². The molecule has 0 aromatic rings. The van der Waals surface area contributed by atoms with Crippen molar-refractivity contribution < 1.29 is 21.7 Å². The van der Waals surface area contributed by atoms with Gasteiger partial charge in [-0.2, -0.15) is 0 Å². The first-order valence-electron chi connectivity index (χ1n) is 3.98. The molecule has 1 aliphatic carbocycles. The van der Waals surface area contributed by atoms with Crippen molar-refractivity contribution in [2.75, 3.05) is 0 Å². The van der Waals surface area contributed by atoms with Gasteiger partial charge < -0.3 is 0 Å². The van der Waals surface area contributed by atoms with Crippen molar-refractivity contribution in [3.05, 3.63) is 23.3 Å². The predicted molar refractivity (Wildman–Crippen MR) is 50.1 cm³/mol. The van der Waals surface area contributed by atoms with Crippen LogP contribution in [0.25, 0.3) is 0 Å². The summed E-state index contributed by atoms with van der Waals surface area (Å²) >= 11 is 0. The van der Waals surface area contributed by atoms with Crippen molar-refractivity contribution in [3.63, 3.8) is 0 Å². The standard InChI is InChI=1S/C9H16Si.Ti/c1-7-5-9(10(3)4)6-8(7)2;/h5-6,9-10H,1-4H3;. The maximum Gasteiger partial charge on any atom is 0.0428 e. The van der Waals surface area contributed by atoms with Crippen LogP contribution >= 0.6 is 0 Å². The van der Waals surface area contributed by atoms with Crippen LogP contribution in [0, 0.1) is 0 Å². The molecule has 0 bridgehead atoms. The van der Waals surface area contributed by atoms with Gasteiger partial charge in [-0.25, -0.2) is 0 Å². The van der Waals surface area contributed by atoms with Crippen molar-refractivity contribution in [2.45, 2.75) is 32.5 Å². The predicted octanol–water partition coefficient (Wildman–Crippen LogP) is 2.75. The van der Waals surface area contributed by atoms with E-state index >= 15 is 0 Å². The first-order valence-corrected chi connectivity index (χ1v) is 6.96. The van der Waals surface area contributed by atoms with Crippen LogP contribution in [0.3, 0.4) is 0 Å². The quantitative estimate of drug-likeness (QED) is 0.571. The van der Waals surface area contributed by atoms with Crippen molar-refractivity contribution in [3.8, 4) is 0 Å². The van der Waals surface area contributed by atoms with Crippen LogP contribution in [-0.2, 0) is 21.7 Å². The Labute approximate surface area is 86.3 Å². The molecule has 2 heteroatoms. The van der Waals surface area contributed by atoms with Gasteiger partial charge in [0.15, 0.2) is 0 Å². The molecule has 0 spiro atoms. The molecule has 0 N–H and O–H groups in total. The minimum atomic E-state index is -0.453. The van der Waals surface area contributed by atoms with Gasteiger partial charge in [-0.05, 0) is 19.4 Å². The molecule has 11 heavy (non-hydrogen) atoms. The third kappa shape index (κ3) is 2.73. The molecule has 0 fully saturated rings. The minimum absolute atomic E-state index is 0. The summed E-state index contributed by atoms with van der Waals surface area (Å²) in [4.78, 5) is 0. The third-order valence-corrected chi connectivity index (χ3v) is 4.20. The Bertz CT molecular complexity index is 174. The van der Waals surface area contributed by atoms with Gasteiger partial charge in [-0.1, -0.05) is 36.4 Å². The van der Waals surface area contributed by atoms with E-state index in [2.05, 4.69) is 39.1 Å². The zero-order valence-electron chi connectivity index (χ0n) is 7.81. The van der Waals surface area contributed by atoms with Crippen LogP contribution in [0.4, 0.5) is 0 Å². The number of hydrogen-bond acceptors (Lipinski definition) is 0. The fraction of sp³-hybridized carbons (Fsp3) is 0.556. The van der Waals surface area contributed by atoms with Crippen molar-refractivity contribution in [1.29, 1.82) is 0 Å². The smallest absolute Gasteiger partial charge is 0.0428 e. The molecular weight excluding hydrogens is 184 g/mol. The Morgan fingerprint density at radius 2 is 1.45 bits per heavy atom. The molecule has 0 saturated heterocycles. The number of rotatable bonds is 1. The molecule has 1 rings (SSSR count). The summed E-state index contributed by atoms with van der Waals surface area (Å²) in [5.41, 5.74) is 3.82. The maximum atomic E-state index is 2.42. The van der Waals surface area contributed by atoms with Gasteiger partial charge in [0.1, 0.15) is 0 Å². The van der Waals surface area contributed by atoms with E-state index in [4.69, 9.17) is 0 Å². The molecule has 60 valence electrons. The zero-order valence-corrected chi connectivity index (χ0v) is 10.5. The topological polar surface area (TPSA) is 0 Å². The van der Waals surface area contributed by atoms with E-state index in [-0.39, 0.29) is 21.7 Å². The molecule has 0 aromatic carbocycles. The van der Waals surface area contributed by atoms with Gasteiger partial charge in [0.25, 0.3) is 0 Å². The fourth-order valence-electron chi connectivity index (χ4n) is 1.27. The Kier molecular flexibility index (Phi) is 4.61. The monoisotopic (exact) mass is 200 g/mol. The van der Waals surface area contributed by atoms with Gasteiger partial charge >= 0.3 is 0 Å². The zero-order chi connectivity index (χ0) is 7.72. The molecule has 0 atom stereocenters. The maximum absolute atomic E-state index is 2.42. The molecular formula is C9H16SiTi. The summed E-state index contributed by atoms with van der Waals surface area (Å²) < 4.78 is 0. The van der Waals surface area contributed by atoms with Crippen LogP contribution < -0.4 is 0 Å². The van der Waals surface area contributed by atoms with Crippen molar-refractivity contribution in [1.82, 2.24) is 0 Å². The van der Waals surface area contributed by atoms with Gasteiger partial charge in [0.2, 0.25) is 0 Å². The second-order valence-electron chi connectivity index (χ2n) is 3.52. The number of hydrogen-bond donors (Lipinski definition) is 0. The number of allylic oxidation sites excluding steroid dienone is 4. The van der Waals surface area contributed by atoms with Crippen LogP contribution in [0.15, 0.2) is 23.3 Å². The van der Waals surface area contributed by atoms with E-state index in [1.54, 1.807) is 0 Å². The second kappa shape index (κ2) is 4.44. The van der Waals surface area contributed by atoms with E-state index in [9.17, 15) is 0 Å². The Hall–Kier alpha value is 0.411. The van der Waals surface area contributed by atoms with Gasteiger partial charge in [-0.3, -0.25) is 0 Å². The Morgan fingerprint density at radius 1 is 1.09 bits per heavy atom. The molecule has 0 heterocycles. The van der Waals surface area contributed by atoms with E-state index in [0.29, 0.717) is 0 Å². The SMILES string of the molecule is CC1=CC([SiH](C)C)C=C1C.[Ti]. The molecule has 0 nitrogen and oxygen atoms in total. The summed E-state index contributed by atoms with van der Waals surface area (Å²) in [5, 5.41) is 0. The van der Waals surface area contributed by atoms with Crippen molar-refractivity contribution in [2.24, 2.45) is 0 Å². The average molecular weight is 200 g/mol. The second-order valence-corrected chi connectivity index (χ2v) is 6.78. The molecule has 0 unspecified atom stereocenters. The largest absolute Gasteiger partial charge is 0.0775 e. The molecule has 0 radical (unpaired) electrons. The average Bonchev–Trinajstić information content (AvgIpc) is 2.13. The summed E-state index contributed by atoms with van der Waals surface area (Å²) in [7, 11) is -0.453. The fourth-order valence-corrected chi connectivity index (χ4v) is 2.62. The Balaban J connectivity index is 0.000001000. The van der Waals surface area contributed by atoms with Gasteiger partial charge in [-0.15, -0.1) is 0 Å². The first kappa shape index (κ1) is 11.4. The molecule has 0 aromatic heterocycles. The third-order valence-electron chi connectivity index (χ3n) is 2.28. The molecule has 0 amide bonds. The van der Waals surface area contributed by atoms with Crippen molar-refractivity contribution >= 4 is 8.80 Å². The molecule has 0 saturated carbocycles. The van der Waals surface area contributed by atoms with E-state index in [0.717, 1.165) is 5.54 Å². The van der Waals surface area contributed by atoms with Crippen LogP contribution in [0.5, 0.6) is 0 Å². The summed E-state index contributed by atoms with van der Waals surface area (Å²) in [6, 6.07) is 0. The molecule has 0 aliphatic heterocycles. The summed E-state index contributed by atoms with van der Waals surface area (Å²) in [6.45, 7) is 9.23. The summed E-state index contributed by atoms with van der Waals surface area (Å²) in [6.07, 6.45) is 4.85. The normalized spacial score (nSPS) is 17.9. The van der Waals surface area contributed by atoms with Crippen LogP contribution in [0.2, 0.25) is 18.6 Å². The first-order chi connectivity index (χ1) is 4.61. The Morgan fingerprint density at radius 3 is 1.64 bits per heavy atom. The summed E-state index contributed by atoms with van der Waals surface area (Å²) in [5.74, 6) is 0. The van der Waals surface area contributed by atoms with Crippen LogP contribution in [-0.4, -0.2) is 8.80 Å². The van der Waals surface area contributed by atoms with E-state index < -0.39 is 8.80 Å². The van der Waals surface area contributed by atoms with E-state index in [1.165, 1.54) is 11.1 Å². The van der Waals surface area contributed by atoms with Crippen LogP contribution in [0.1, 0.15) is 13.8 Å². The minimum Gasteiger partial charge on any atom is -0.0775 e. The van der Waals surface area contributed by atoms with Gasteiger partial charge in [0.05, 0.1) is 0 Å². The van der Waals surface area contributed by atoms with E-state index in [1.807, 2.05) is 0 Å². The molecule has 1 aliphatic rings.